The van der Waals surface area contributed by atoms with Crippen LogP contribution in [0.5, 0.6) is 11.5 Å². The van der Waals surface area contributed by atoms with Crippen molar-refractivity contribution in [1.29, 1.82) is 0 Å². The maximum Gasteiger partial charge on any atom is 0.417 e. The first-order chi connectivity index (χ1) is 11.6. The molecule has 0 saturated heterocycles. The van der Waals surface area contributed by atoms with E-state index in [0.29, 0.717) is 40.5 Å². The number of rotatable bonds is 5. The lowest BCUT2D eigenvalue weighted by Crippen LogP contribution is -2.12. The van der Waals surface area contributed by atoms with Gasteiger partial charge >= 0.3 is 5.76 Å². The van der Waals surface area contributed by atoms with Crippen molar-refractivity contribution in [2.24, 2.45) is 0 Å². The van der Waals surface area contributed by atoms with E-state index >= 15 is 0 Å². The Balaban J connectivity index is 1.85. The van der Waals surface area contributed by atoms with Crippen molar-refractivity contribution in [1.82, 2.24) is 4.98 Å². The highest BCUT2D eigenvalue weighted by atomic mass is 16.5. The molecule has 0 spiro atoms. The number of ether oxygens (including phenoxy) is 2. The third-order valence-corrected chi connectivity index (χ3v) is 3.40. The van der Waals surface area contributed by atoms with Gasteiger partial charge in [0.2, 0.25) is 0 Å². The number of H-pyrrole nitrogens is 1. The number of aromatic amines is 1. The second-order valence-electron chi connectivity index (χ2n) is 4.98. The van der Waals surface area contributed by atoms with Gasteiger partial charge in [-0.2, -0.15) is 0 Å². The number of benzene rings is 2. The van der Waals surface area contributed by atoms with E-state index in [1.165, 1.54) is 0 Å². The Kier molecular flexibility index (Phi) is 4.24. The Hall–Kier alpha value is -3.22. The van der Waals surface area contributed by atoms with Gasteiger partial charge in [0.15, 0.2) is 17.1 Å². The van der Waals surface area contributed by atoms with Crippen molar-refractivity contribution in [3.8, 4) is 11.5 Å². The predicted molar refractivity (Wildman–Crippen MR) is 89.0 cm³/mol. The predicted octanol–water partition coefficient (Wildman–Crippen LogP) is 2.78. The fourth-order valence-corrected chi connectivity index (χ4v) is 2.32. The van der Waals surface area contributed by atoms with Crippen LogP contribution in [0.2, 0.25) is 0 Å². The number of oxazole rings is 1. The zero-order valence-electron chi connectivity index (χ0n) is 13.2. The first kappa shape index (κ1) is 15.7. The summed E-state index contributed by atoms with van der Waals surface area (Å²) in [5, 5.41) is 2.77. The van der Waals surface area contributed by atoms with Crippen molar-refractivity contribution in [2.45, 2.75) is 6.92 Å². The minimum Gasteiger partial charge on any atom is -0.493 e. The van der Waals surface area contributed by atoms with E-state index in [0.717, 1.165) is 0 Å². The van der Waals surface area contributed by atoms with E-state index in [-0.39, 0.29) is 5.91 Å². The zero-order chi connectivity index (χ0) is 17.1. The van der Waals surface area contributed by atoms with Gasteiger partial charge in [-0.3, -0.25) is 9.78 Å². The van der Waals surface area contributed by atoms with E-state index in [4.69, 9.17) is 13.9 Å². The molecule has 0 saturated carbocycles. The monoisotopic (exact) mass is 328 g/mol. The average Bonchev–Trinajstić information content (AvgIpc) is 2.94. The summed E-state index contributed by atoms with van der Waals surface area (Å²) < 4.78 is 15.6. The molecule has 0 radical (unpaired) electrons. The molecule has 1 amide bonds. The molecule has 1 aromatic heterocycles. The molecule has 24 heavy (non-hydrogen) atoms. The third kappa shape index (κ3) is 3.10. The van der Waals surface area contributed by atoms with E-state index < -0.39 is 5.76 Å². The summed E-state index contributed by atoms with van der Waals surface area (Å²) in [5.74, 6) is 0.224. The van der Waals surface area contributed by atoms with Crippen molar-refractivity contribution in [3.05, 3.63) is 52.5 Å². The quantitative estimate of drug-likeness (QED) is 0.751. The minimum absolute atomic E-state index is 0.302. The SMILES string of the molecule is CCOc1cc(C(=O)Nc2ccc3oc(=O)[nH]c3c2)ccc1OC. The zero-order valence-corrected chi connectivity index (χ0v) is 13.2. The largest absolute Gasteiger partial charge is 0.493 e. The molecule has 0 aliphatic carbocycles. The summed E-state index contributed by atoms with van der Waals surface area (Å²) in [6.45, 7) is 2.32. The first-order valence-electron chi connectivity index (χ1n) is 7.35. The molecular weight excluding hydrogens is 312 g/mol. The van der Waals surface area contributed by atoms with Gasteiger partial charge in [-0.15, -0.1) is 0 Å². The summed E-state index contributed by atoms with van der Waals surface area (Å²) in [6, 6.07) is 9.85. The number of carbonyl (C=O) groups is 1. The highest BCUT2D eigenvalue weighted by Gasteiger charge is 2.12. The van der Waals surface area contributed by atoms with Crippen LogP contribution in [0, 0.1) is 0 Å². The standard InChI is InChI=1S/C17H16N2O5/c1-3-23-15-8-10(4-6-14(15)22-2)16(20)18-11-5-7-13-12(9-11)19-17(21)24-13/h4-9H,3H2,1-2H3,(H,18,20)(H,19,21). The lowest BCUT2D eigenvalue weighted by molar-refractivity contribution is 0.102. The number of carbonyl (C=O) groups excluding carboxylic acids is 1. The Bertz CT molecular complexity index is 942. The molecule has 124 valence electrons. The van der Waals surface area contributed by atoms with Crippen LogP contribution in [0.25, 0.3) is 11.1 Å². The molecule has 0 unspecified atom stereocenters. The number of methoxy groups -OCH3 is 1. The Labute approximate surface area is 137 Å². The third-order valence-electron chi connectivity index (χ3n) is 3.40. The molecule has 7 nitrogen and oxygen atoms in total. The second kappa shape index (κ2) is 6.49. The smallest absolute Gasteiger partial charge is 0.417 e. The van der Waals surface area contributed by atoms with Crippen LogP contribution < -0.4 is 20.5 Å². The Morgan fingerprint density at radius 2 is 2.04 bits per heavy atom. The molecule has 0 aliphatic rings. The van der Waals surface area contributed by atoms with Crippen molar-refractivity contribution in [3.63, 3.8) is 0 Å². The lowest BCUT2D eigenvalue weighted by Gasteiger charge is -2.11. The first-order valence-corrected chi connectivity index (χ1v) is 7.35. The van der Waals surface area contributed by atoms with E-state index in [1.807, 2.05) is 6.92 Å². The molecule has 2 N–H and O–H groups in total. The average molecular weight is 328 g/mol. The highest BCUT2D eigenvalue weighted by molar-refractivity contribution is 6.05. The van der Waals surface area contributed by atoms with Crippen LogP contribution in [0.3, 0.4) is 0 Å². The Morgan fingerprint density at radius 1 is 1.21 bits per heavy atom. The molecule has 1 heterocycles. The number of hydrogen-bond donors (Lipinski definition) is 2. The molecule has 3 rings (SSSR count). The summed E-state index contributed by atoms with van der Waals surface area (Å²) in [5.41, 5.74) is 1.92. The normalized spacial score (nSPS) is 10.6. The lowest BCUT2D eigenvalue weighted by atomic mass is 10.1. The van der Waals surface area contributed by atoms with Gasteiger partial charge in [0.05, 0.1) is 19.2 Å². The molecule has 3 aromatic rings. The van der Waals surface area contributed by atoms with Crippen LogP contribution in [0.4, 0.5) is 5.69 Å². The van der Waals surface area contributed by atoms with Gasteiger partial charge in [0, 0.05) is 11.3 Å². The maximum atomic E-state index is 12.4. The van der Waals surface area contributed by atoms with Crippen molar-refractivity contribution < 1.29 is 18.7 Å². The van der Waals surface area contributed by atoms with Crippen LogP contribution in [-0.4, -0.2) is 24.6 Å². The van der Waals surface area contributed by atoms with Gasteiger partial charge in [-0.1, -0.05) is 0 Å². The number of hydrogen-bond acceptors (Lipinski definition) is 5. The van der Waals surface area contributed by atoms with E-state index in [1.54, 1.807) is 43.5 Å². The fraction of sp³-hybridized carbons (Fsp3) is 0.176. The second-order valence-corrected chi connectivity index (χ2v) is 4.98. The maximum absolute atomic E-state index is 12.4. The number of amides is 1. The molecule has 0 aliphatic heterocycles. The van der Waals surface area contributed by atoms with Crippen LogP contribution in [-0.2, 0) is 0 Å². The topological polar surface area (TPSA) is 93.6 Å². The summed E-state index contributed by atoms with van der Waals surface area (Å²) in [4.78, 5) is 26.1. The molecule has 0 fully saturated rings. The van der Waals surface area contributed by atoms with Crippen molar-refractivity contribution >= 4 is 22.7 Å². The number of aromatic nitrogens is 1. The van der Waals surface area contributed by atoms with Gasteiger partial charge in [-0.25, -0.2) is 4.79 Å². The van der Waals surface area contributed by atoms with Crippen LogP contribution in [0.1, 0.15) is 17.3 Å². The number of fused-ring (bicyclic) bond motifs is 1. The highest BCUT2D eigenvalue weighted by Crippen LogP contribution is 2.28. The van der Waals surface area contributed by atoms with E-state index in [2.05, 4.69) is 10.3 Å². The molecular formula is C17H16N2O5. The summed E-state index contributed by atoms with van der Waals surface area (Å²) in [7, 11) is 1.54. The molecule has 2 aromatic carbocycles. The van der Waals surface area contributed by atoms with Gasteiger partial charge in [0.25, 0.3) is 5.91 Å². The summed E-state index contributed by atoms with van der Waals surface area (Å²) in [6.07, 6.45) is 0. The van der Waals surface area contributed by atoms with Crippen LogP contribution in [0.15, 0.2) is 45.6 Å². The molecule has 7 heteroatoms. The number of anilines is 1. The summed E-state index contributed by atoms with van der Waals surface area (Å²) >= 11 is 0. The molecule has 0 atom stereocenters. The van der Waals surface area contributed by atoms with Crippen molar-refractivity contribution in [2.75, 3.05) is 19.0 Å². The number of nitrogens with one attached hydrogen (secondary N) is 2. The molecule has 0 bridgehead atoms. The Morgan fingerprint density at radius 3 is 2.79 bits per heavy atom. The fourth-order valence-electron chi connectivity index (χ4n) is 2.32. The van der Waals surface area contributed by atoms with E-state index in [9.17, 15) is 9.59 Å². The minimum atomic E-state index is -0.537. The van der Waals surface area contributed by atoms with Crippen LogP contribution >= 0.6 is 0 Å². The van der Waals surface area contributed by atoms with Gasteiger partial charge < -0.3 is 19.2 Å². The van der Waals surface area contributed by atoms with Gasteiger partial charge in [-0.05, 0) is 43.3 Å². The van der Waals surface area contributed by atoms with Gasteiger partial charge in [0.1, 0.15) is 0 Å².